The van der Waals surface area contributed by atoms with E-state index < -0.39 is 0 Å². The fourth-order valence-electron chi connectivity index (χ4n) is 1.77. The van der Waals surface area contributed by atoms with Gasteiger partial charge in [-0.05, 0) is 44.2 Å². The van der Waals surface area contributed by atoms with Crippen molar-refractivity contribution in [2.24, 2.45) is 0 Å². The maximum Gasteiger partial charge on any atom is 0.0181 e. The largest absolute Gasteiger partial charge is 0.362 e. The quantitative estimate of drug-likeness (QED) is 0.561. The zero-order chi connectivity index (χ0) is 6.97. The highest BCUT2D eigenvalue weighted by Crippen LogP contribution is 2.20. The van der Waals surface area contributed by atoms with Crippen LogP contribution in [0.25, 0.3) is 0 Å². The van der Waals surface area contributed by atoms with Crippen molar-refractivity contribution < 1.29 is 0 Å². The summed E-state index contributed by atoms with van der Waals surface area (Å²) in [5.41, 5.74) is 4.37. The Bertz CT molecular complexity index is 211. The summed E-state index contributed by atoms with van der Waals surface area (Å²) in [6.45, 7) is 2.14. The molecular formula is C9H13N. The summed E-state index contributed by atoms with van der Waals surface area (Å²) in [5.74, 6) is 0. The molecule has 0 unspecified atom stereocenters. The molecule has 0 aromatic carbocycles. The average Bonchev–Trinajstić information content (AvgIpc) is 2.27. The minimum atomic E-state index is 1.27. The fourth-order valence-corrected chi connectivity index (χ4v) is 1.77. The number of rotatable bonds is 0. The molecule has 1 aromatic rings. The molecule has 1 aromatic heterocycles. The van der Waals surface area contributed by atoms with Crippen molar-refractivity contribution in [2.45, 2.75) is 32.6 Å². The van der Waals surface area contributed by atoms with E-state index in [1.807, 2.05) is 0 Å². The van der Waals surface area contributed by atoms with E-state index in [2.05, 4.69) is 18.0 Å². The van der Waals surface area contributed by atoms with Crippen LogP contribution in [0.2, 0.25) is 0 Å². The van der Waals surface area contributed by atoms with E-state index >= 15 is 0 Å². The number of H-pyrrole nitrogens is 1. The molecule has 1 aliphatic carbocycles. The average molecular weight is 135 g/mol. The van der Waals surface area contributed by atoms with Crippen LogP contribution in [0.15, 0.2) is 6.07 Å². The van der Waals surface area contributed by atoms with Gasteiger partial charge in [0.2, 0.25) is 0 Å². The summed E-state index contributed by atoms with van der Waals surface area (Å²) in [6, 6.07) is 2.29. The molecule has 0 aliphatic heterocycles. The van der Waals surface area contributed by atoms with Gasteiger partial charge in [-0.15, -0.1) is 0 Å². The topological polar surface area (TPSA) is 15.8 Å². The molecule has 0 spiro atoms. The Kier molecular flexibility index (Phi) is 1.30. The van der Waals surface area contributed by atoms with Crippen molar-refractivity contribution in [2.75, 3.05) is 0 Å². The molecule has 1 heterocycles. The number of nitrogens with one attached hydrogen (secondary N) is 1. The molecule has 0 fully saturated rings. The first-order valence-electron chi connectivity index (χ1n) is 4.03. The van der Waals surface area contributed by atoms with E-state index in [0.717, 1.165) is 0 Å². The predicted octanol–water partition coefficient (Wildman–Crippen LogP) is 2.20. The summed E-state index contributed by atoms with van der Waals surface area (Å²) >= 11 is 0. The molecule has 1 N–H and O–H groups in total. The maximum absolute atomic E-state index is 3.40. The van der Waals surface area contributed by atoms with Gasteiger partial charge < -0.3 is 4.98 Å². The monoisotopic (exact) mass is 135 g/mol. The Morgan fingerprint density at radius 2 is 2.10 bits per heavy atom. The van der Waals surface area contributed by atoms with Gasteiger partial charge in [-0.1, -0.05) is 0 Å². The van der Waals surface area contributed by atoms with Crippen LogP contribution in [0.4, 0.5) is 0 Å². The van der Waals surface area contributed by atoms with E-state index in [-0.39, 0.29) is 0 Å². The molecule has 1 heteroatoms. The number of aryl methyl sites for hydroxylation is 3. The van der Waals surface area contributed by atoms with Gasteiger partial charge in [0.1, 0.15) is 0 Å². The van der Waals surface area contributed by atoms with Crippen LogP contribution in [0.1, 0.15) is 29.8 Å². The lowest BCUT2D eigenvalue weighted by Crippen LogP contribution is -1.99. The molecular weight excluding hydrogens is 122 g/mol. The van der Waals surface area contributed by atoms with Gasteiger partial charge in [-0.2, -0.15) is 0 Å². The first kappa shape index (κ1) is 6.02. The van der Waals surface area contributed by atoms with E-state index in [4.69, 9.17) is 0 Å². The molecule has 2 rings (SSSR count). The normalized spacial score (nSPS) is 16.9. The second-order valence-electron chi connectivity index (χ2n) is 3.16. The van der Waals surface area contributed by atoms with Crippen molar-refractivity contribution >= 4 is 0 Å². The molecule has 0 amide bonds. The second kappa shape index (κ2) is 2.15. The van der Waals surface area contributed by atoms with Crippen molar-refractivity contribution in [3.63, 3.8) is 0 Å². The molecule has 0 radical (unpaired) electrons. The van der Waals surface area contributed by atoms with E-state index in [1.165, 1.54) is 37.1 Å². The van der Waals surface area contributed by atoms with Crippen LogP contribution in [-0.2, 0) is 12.8 Å². The number of hydrogen-bond donors (Lipinski definition) is 1. The van der Waals surface area contributed by atoms with E-state index in [9.17, 15) is 0 Å². The fraction of sp³-hybridized carbons (Fsp3) is 0.556. The molecule has 0 bridgehead atoms. The lowest BCUT2D eigenvalue weighted by molar-refractivity contribution is 0.677. The standard InChI is InChI=1S/C9H13N/c1-7-6-8-4-2-3-5-9(8)10-7/h6,10H,2-5H2,1H3. The van der Waals surface area contributed by atoms with Crippen molar-refractivity contribution in [3.8, 4) is 0 Å². The van der Waals surface area contributed by atoms with Crippen molar-refractivity contribution in [3.05, 3.63) is 23.0 Å². The Balaban J connectivity index is 2.41. The Morgan fingerprint density at radius 1 is 1.30 bits per heavy atom. The molecule has 0 saturated heterocycles. The van der Waals surface area contributed by atoms with Crippen molar-refractivity contribution in [1.29, 1.82) is 0 Å². The van der Waals surface area contributed by atoms with Crippen LogP contribution >= 0.6 is 0 Å². The number of fused-ring (bicyclic) bond motifs is 1. The van der Waals surface area contributed by atoms with Crippen LogP contribution in [0.5, 0.6) is 0 Å². The van der Waals surface area contributed by atoms with Gasteiger partial charge in [0.05, 0.1) is 0 Å². The van der Waals surface area contributed by atoms with Crippen LogP contribution in [0, 0.1) is 6.92 Å². The summed E-state index contributed by atoms with van der Waals surface area (Å²) in [5, 5.41) is 0. The van der Waals surface area contributed by atoms with Gasteiger partial charge >= 0.3 is 0 Å². The van der Waals surface area contributed by atoms with Crippen LogP contribution in [0.3, 0.4) is 0 Å². The third-order valence-electron chi connectivity index (χ3n) is 2.25. The van der Waals surface area contributed by atoms with Gasteiger partial charge in [0, 0.05) is 11.4 Å². The molecule has 54 valence electrons. The van der Waals surface area contributed by atoms with E-state index in [0.29, 0.717) is 0 Å². The highest BCUT2D eigenvalue weighted by molar-refractivity contribution is 5.27. The van der Waals surface area contributed by atoms with E-state index in [1.54, 1.807) is 5.56 Å². The van der Waals surface area contributed by atoms with Gasteiger partial charge in [-0.25, -0.2) is 0 Å². The van der Waals surface area contributed by atoms with Gasteiger partial charge in [0.15, 0.2) is 0 Å². The van der Waals surface area contributed by atoms with Crippen molar-refractivity contribution in [1.82, 2.24) is 4.98 Å². The Labute approximate surface area is 61.5 Å². The molecule has 1 aliphatic rings. The highest BCUT2D eigenvalue weighted by atomic mass is 14.7. The second-order valence-corrected chi connectivity index (χ2v) is 3.16. The zero-order valence-electron chi connectivity index (χ0n) is 6.41. The summed E-state index contributed by atoms with van der Waals surface area (Å²) in [6.07, 6.45) is 5.31. The highest BCUT2D eigenvalue weighted by Gasteiger charge is 2.09. The SMILES string of the molecule is Cc1cc2c([nH]1)CCCC2. The van der Waals surface area contributed by atoms with Gasteiger partial charge in [-0.3, -0.25) is 0 Å². The third-order valence-corrected chi connectivity index (χ3v) is 2.25. The van der Waals surface area contributed by atoms with Crippen LogP contribution in [-0.4, -0.2) is 4.98 Å². The molecule has 1 nitrogen and oxygen atoms in total. The lowest BCUT2D eigenvalue weighted by atomic mass is 9.98. The molecule has 0 saturated carbocycles. The summed E-state index contributed by atoms with van der Waals surface area (Å²) < 4.78 is 0. The molecule has 10 heavy (non-hydrogen) atoms. The van der Waals surface area contributed by atoms with Gasteiger partial charge in [0.25, 0.3) is 0 Å². The number of hydrogen-bond acceptors (Lipinski definition) is 0. The third kappa shape index (κ3) is 0.859. The zero-order valence-corrected chi connectivity index (χ0v) is 6.41. The molecule has 0 atom stereocenters. The minimum absolute atomic E-state index is 1.27. The lowest BCUT2D eigenvalue weighted by Gasteiger charge is -2.08. The Morgan fingerprint density at radius 3 is 2.90 bits per heavy atom. The summed E-state index contributed by atoms with van der Waals surface area (Å²) in [4.78, 5) is 3.40. The first-order chi connectivity index (χ1) is 4.86. The maximum atomic E-state index is 3.40. The Hall–Kier alpha value is -0.720. The number of aromatic amines is 1. The summed E-state index contributed by atoms with van der Waals surface area (Å²) in [7, 11) is 0. The minimum Gasteiger partial charge on any atom is -0.362 e. The van der Waals surface area contributed by atoms with Crippen LogP contribution < -0.4 is 0 Å². The first-order valence-corrected chi connectivity index (χ1v) is 4.03. The smallest absolute Gasteiger partial charge is 0.0181 e. The predicted molar refractivity (Wildman–Crippen MR) is 42.2 cm³/mol. The number of aromatic nitrogens is 1.